The van der Waals surface area contributed by atoms with Crippen molar-refractivity contribution in [2.24, 2.45) is 0 Å². The van der Waals surface area contributed by atoms with Crippen LogP contribution in [0.5, 0.6) is 0 Å². The standard InChI is InChI=1S/C17H18ClNO2/c1-10-4-5-11(2)14(8-10)12(3)19-13-6-7-16(18)15(9-13)17(20)21/h4-9,12,19H,1-3H3,(H,20,21). The van der Waals surface area contributed by atoms with E-state index < -0.39 is 5.97 Å². The number of halogens is 1. The number of anilines is 1. The summed E-state index contributed by atoms with van der Waals surface area (Å²) in [4.78, 5) is 11.1. The Morgan fingerprint density at radius 2 is 1.90 bits per heavy atom. The molecule has 2 rings (SSSR count). The molecule has 4 heteroatoms. The number of nitrogens with one attached hydrogen (secondary N) is 1. The van der Waals surface area contributed by atoms with Crippen LogP contribution in [-0.2, 0) is 0 Å². The van der Waals surface area contributed by atoms with Crippen LogP contribution in [0.2, 0.25) is 5.02 Å². The molecule has 0 amide bonds. The smallest absolute Gasteiger partial charge is 0.337 e. The highest BCUT2D eigenvalue weighted by molar-refractivity contribution is 6.33. The molecular formula is C17H18ClNO2. The van der Waals surface area contributed by atoms with Crippen LogP contribution in [0.25, 0.3) is 0 Å². The Kier molecular flexibility index (Phi) is 4.53. The summed E-state index contributed by atoms with van der Waals surface area (Å²) in [5, 5.41) is 12.7. The lowest BCUT2D eigenvalue weighted by atomic mass is 9.99. The topological polar surface area (TPSA) is 49.3 Å². The van der Waals surface area contributed by atoms with Crippen LogP contribution < -0.4 is 5.32 Å². The van der Waals surface area contributed by atoms with Gasteiger partial charge >= 0.3 is 5.97 Å². The molecule has 0 spiro atoms. The van der Waals surface area contributed by atoms with Crippen molar-refractivity contribution in [3.63, 3.8) is 0 Å². The fourth-order valence-electron chi connectivity index (χ4n) is 2.33. The zero-order valence-corrected chi connectivity index (χ0v) is 13.0. The molecule has 0 saturated carbocycles. The van der Waals surface area contributed by atoms with Gasteiger partial charge in [-0.15, -0.1) is 0 Å². The minimum Gasteiger partial charge on any atom is -0.478 e. The average Bonchev–Trinajstić information content (AvgIpc) is 2.43. The molecule has 2 N–H and O–H groups in total. The summed E-state index contributed by atoms with van der Waals surface area (Å²) < 4.78 is 0. The second kappa shape index (κ2) is 6.19. The van der Waals surface area contributed by atoms with E-state index in [-0.39, 0.29) is 16.6 Å². The van der Waals surface area contributed by atoms with Gasteiger partial charge in [0, 0.05) is 11.7 Å². The van der Waals surface area contributed by atoms with Gasteiger partial charge in [-0.3, -0.25) is 0 Å². The predicted molar refractivity (Wildman–Crippen MR) is 86.4 cm³/mol. The fraction of sp³-hybridized carbons (Fsp3) is 0.235. The van der Waals surface area contributed by atoms with Gasteiger partial charge in [0.15, 0.2) is 0 Å². The van der Waals surface area contributed by atoms with Crippen molar-refractivity contribution in [2.75, 3.05) is 5.32 Å². The normalized spacial score (nSPS) is 12.0. The highest BCUT2D eigenvalue weighted by atomic mass is 35.5. The third-order valence-corrected chi connectivity index (χ3v) is 3.81. The number of hydrogen-bond acceptors (Lipinski definition) is 2. The van der Waals surface area contributed by atoms with Crippen molar-refractivity contribution >= 4 is 23.3 Å². The van der Waals surface area contributed by atoms with E-state index in [1.54, 1.807) is 18.2 Å². The second-order valence-corrected chi connectivity index (χ2v) is 5.63. The molecule has 0 aliphatic carbocycles. The van der Waals surface area contributed by atoms with Gasteiger partial charge in [-0.05, 0) is 50.1 Å². The summed E-state index contributed by atoms with van der Waals surface area (Å²) in [5.41, 5.74) is 4.45. The number of aromatic carboxylic acids is 1. The zero-order valence-electron chi connectivity index (χ0n) is 12.3. The minimum absolute atomic E-state index is 0.0766. The second-order valence-electron chi connectivity index (χ2n) is 5.23. The Labute approximate surface area is 129 Å². The molecule has 0 aliphatic rings. The molecule has 0 fully saturated rings. The van der Waals surface area contributed by atoms with Crippen LogP contribution in [-0.4, -0.2) is 11.1 Å². The third kappa shape index (κ3) is 3.56. The Morgan fingerprint density at radius 3 is 2.57 bits per heavy atom. The molecule has 2 aromatic rings. The maximum Gasteiger partial charge on any atom is 0.337 e. The van der Waals surface area contributed by atoms with E-state index in [0.717, 1.165) is 5.69 Å². The zero-order chi connectivity index (χ0) is 15.6. The van der Waals surface area contributed by atoms with Gasteiger partial charge in [-0.1, -0.05) is 35.4 Å². The molecule has 0 aliphatic heterocycles. The number of carbonyl (C=O) groups is 1. The van der Waals surface area contributed by atoms with Gasteiger partial charge in [0.05, 0.1) is 10.6 Å². The molecular weight excluding hydrogens is 286 g/mol. The molecule has 110 valence electrons. The van der Waals surface area contributed by atoms with Gasteiger partial charge in [0.25, 0.3) is 0 Å². The van der Waals surface area contributed by atoms with Gasteiger partial charge < -0.3 is 10.4 Å². The van der Waals surface area contributed by atoms with E-state index in [9.17, 15) is 4.79 Å². The number of hydrogen-bond donors (Lipinski definition) is 2. The number of benzene rings is 2. The Hall–Kier alpha value is -2.00. The first-order chi connectivity index (χ1) is 9.88. The first-order valence-electron chi connectivity index (χ1n) is 6.75. The van der Waals surface area contributed by atoms with Gasteiger partial charge in [-0.2, -0.15) is 0 Å². The summed E-state index contributed by atoms with van der Waals surface area (Å²) >= 11 is 5.88. The van der Waals surface area contributed by atoms with E-state index in [1.165, 1.54) is 16.7 Å². The predicted octanol–water partition coefficient (Wildman–Crippen LogP) is 4.83. The van der Waals surface area contributed by atoms with Crippen molar-refractivity contribution in [3.8, 4) is 0 Å². The molecule has 0 aromatic heterocycles. The molecule has 2 aromatic carbocycles. The summed E-state index contributed by atoms with van der Waals surface area (Å²) in [5.74, 6) is -1.02. The van der Waals surface area contributed by atoms with Crippen LogP contribution in [0.1, 0.15) is 40.0 Å². The van der Waals surface area contributed by atoms with Crippen LogP contribution in [0.3, 0.4) is 0 Å². The summed E-state index contributed by atoms with van der Waals surface area (Å²) in [6.45, 7) is 6.18. The van der Waals surface area contributed by atoms with Crippen molar-refractivity contribution in [2.45, 2.75) is 26.8 Å². The van der Waals surface area contributed by atoms with Crippen LogP contribution >= 0.6 is 11.6 Å². The number of carboxylic acids is 1. The molecule has 1 atom stereocenters. The quantitative estimate of drug-likeness (QED) is 0.850. The van der Waals surface area contributed by atoms with E-state index >= 15 is 0 Å². The van der Waals surface area contributed by atoms with Crippen LogP contribution in [0.4, 0.5) is 5.69 Å². The maximum absolute atomic E-state index is 11.1. The van der Waals surface area contributed by atoms with E-state index in [2.05, 4.69) is 44.3 Å². The Morgan fingerprint density at radius 1 is 1.19 bits per heavy atom. The highest BCUT2D eigenvalue weighted by Crippen LogP contribution is 2.26. The molecule has 0 saturated heterocycles. The third-order valence-electron chi connectivity index (χ3n) is 3.48. The number of carboxylic acid groups (broad SMARTS) is 1. The van der Waals surface area contributed by atoms with E-state index in [4.69, 9.17) is 16.7 Å². The van der Waals surface area contributed by atoms with E-state index in [0.29, 0.717) is 0 Å². The Balaban J connectivity index is 2.27. The van der Waals surface area contributed by atoms with Gasteiger partial charge in [0.2, 0.25) is 0 Å². The lowest BCUT2D eigenvalue weighted by molar-refractivity contribution is 0.0697. The molecule has 21 heavy (non-hydrogen) atoms. The lowest BCUT2D eigenvalue weighted by Crippen LogP contribution is -2.09. The SMILES string of the molecule is Cc1ccc(C)c(C(C)Nc2ccc(Cl)c(C(=O)O)c2)c1. The largest absolute Gasteiger partial charge is 0.478 e. The van der Waals surface area contributed by atoms with Crippen LogP contribution in [0, 0.1) is 13.8 Å². The lowest BCUT2D eigenvalue weighted by Gasteiger charge is -2.19. The molecule has 0 bridgehead atoms. The molecule has 0 radical (unpaired) electrons. The van der Waals surface area contributed by atoms with E-state index in [1.807, 2.05) is 0 Å². The Bertz CT molecular complexity index is 682. The van der Waals surface area contributed by atoms with Crippen molar-refractivity contribution < 1.29 is 9.90 Å². The summed E-state index contributed by atoms with van der Waals surface area (Å²) in [6.07, 6.45) is 0. The fourth-order valence-corrected chi connectivity index (χ4v) is 2.53. The van der Waals surface area contributed by atoms with Crippen LogP contribution in [0.15, 0.2) is 36.4 Å². The number of rotatable bonds is 4. The average molecular weight is 304 g/mol. The van der Waals surface area contributed by atoms with Gasteiger partial charge in [-0.25, -0.2) is 4.79 Å². The maximum atomic E-state index is 11.1. The summed E-state index contributed by atoms with van der Waals surface area (Å²) in [7, 11) is 0. The number of aryl methyl sites for hydroxylation is 2. The van der Waals surface area contributed by atoms with Gasteiger partial charge in [0.1, 0.15) is 0 Å². The molecule has 3 nitrogen and oxygen atoms in total. The first kappa shape index (κ1) is 15.4. The van der Waals surface area contributed by atoms with Crippen molar-refractivity contribution in [1.29, 1.82) is 0 Å². The molecule has 0 heterocycles. The summed E-state index contributed by atoms with van der Waals surface area (Å²) in [6, 6.07) is 11.3. The van der Waals surface area contributed by atoms with Crippen molar-refractivity contribution in [3.05, 3.63) is 63.7 Å². The highest BCUT2D eigenvalue weighted by Gasteiger charge is 2.12. The monoisotopic (exact) mass is 303 g/mol. The first-order valence-corrected chi connectivity index (χ1v) is 7.13. The van der Waals surface area contributed by atoms with Crippen molar-refractivity contribution in [1.82, 2.24) is 0 Å². The molecule has 1 unspecified atom stereocenters. The minimum atomic E-state index is -1.02.